The van der Waals surface area contributed by atoms with E-state index in [1.165, 1.54) is 15.7 Å². The summed E-state index contributed by atoms with van der Waals surface area (Å²) in [5.74, 6) is -0.337. The van der Waals surface area contributed by atoms with Crippen molar-refractivity contribution in [1.82, 2.24) is 9.38 Å². The lowest BCUT2D eigenvalue weighted by molar-refractivity contribution is -0.391. The van der Waals surface area contributed by atoms with Crippen LogP contribution in [0.2, 0.25) is 0 Å². The molecule has 1 N–H and O–H groups in total. The Hall–Kier alpha value is -1.47. The average molecular weight is 255 g/mol. The van der Waals surface area contributed by atoms with Crippen molar-refractivity contribution in [2.45, 2.75) is 32.3 Å². The van der Waals surface area contributed by atoms with Crippen LogP contribution in [0, 0.1) is 10.1 Å². The summed E-state index contributed by atoms with van der Waals surface area (Å²) >= 11 is 1.35. The van der Waals surface area contributed by atoms with Crippen LogP contribution < -0.4 is 0 Å². The predicted molar refractivity (Wildman–Crippen MR) is 64.4 cm³/mol. The van der Waals surface area contributed by atoms with E-state index in [4.69, 9.17) is 0 Å². The molecule has 2 atom stereocenters. The second-order valence-electron chi connectivity index (χ2n) is 3.89. The van der Waals surface area contributed by atoms with Gasteiger partial charge in [-0.2, -0.15) is 9.38 Å². The highest BCUT2D eigenvalue weighted by atomic mass is 32.1. The lowest BCUT2D eigenvalue weighted by Gasteiger charge is -2.14. The Morgan fingerprint density at radius 2 is 2.41 bits per heavy atom. The standard InChI is InChI=1S/C10H13N3O3S/c1-3-7(6(2)14)8-9(13(15)16)12-4-5-17-10(12)11-8/h4-7,14H,3H2,1-2H3. The largest absolute Gasteiger partial charge is 0.393 e. The third kappa shape index (κ3) is 1.91. The summed E-state index contributed by atoms with van der Waals surface area (Å²) in [5.41, 5.74) is 0.374. The maximum absolute atomic E-state index is 11.1. The molecular formula is C10H13N3O3S. The van der Waals surface area contributed by atoms with Crippen molar-refractivity contribution in [3.63, 3.8) is 0 Å². The second kappa shape index (κ2) is 4.42. The first-order chi connectivity index (χ1) is 8.06. The smallest absolute Gasteiger partial charge is 0.352 e. The maximum atomic E-state index is 11.1. The van der Waals surface area contributed by atoms with Gasteiger partial charge in [-0.3, -0.25) is 0 Å². The van der Waals surface area contributed by atoms with Gasteiger partial charge in [0.25, 0.3) is 4.96 Å². The quantitative estimate of drug-likeness (QED) is 0.670. The van der Waals surface area contributed by atoms with E-state index in [9.17, 15) is 15.2 Å². The maximum Gasteiger partial charge on any atom is 0.352 e. The van der Waals surface area contributed by atoms with Gasteiger partial charge in [0.1, 0.15) is 11.9 Å². The number of hydrogen-bond donors (Lipinski definition) is 1. The van der Waals surface area contributed by atoms with Crippen LogP contribution in [0.25, 0.3) is 4.96 Å². The summed E-state index contributed by atoms with van der Waals surface area (Å²) in [5, 5.41) is 22.5. The van der Waals surface area contributed by atoms with Crippen LogP contribution in [0.3, 0.4) is 0 Å². The first-order valence-corrected chi connectivity index (χ1v) is 6.22. The van der Waals surface area contributed by atoms with Crippen molar-refractivity contribution in [2.24, 2.45) is 0 Å². The molecule has 0 saturated heterocycles. The fourth-order valence-electron chi connectivity index (χ4n) is 1.98. The SMILES string of the molecule is CCC(c1nc2sccn2c1[N+](=O)[O-])C(C)O. The number of aromatic nitrogens is 2. The van der Waals surface area contributed by atoms with Crippen LogP contribution in [-0.2, 0) is 0 Å². The van der Waals surface area contributed by atoms with Gasteiger partial charge < -0.3 is 15.2 Å². The van der Waals surface area contributed by atoms with Gasteiger partial charge in [-0.25, -0.2) is 0 Å². The molecule has 6 nitrogen and oxygen atoms in total. The van der Waals surface area contributed by atoms with Gasteiger partial charge in [0.15, 0.2) is 0 Å². The number of rotatable bonds is 4. The van der Waals surface area contributed by atoms with Gasteiger partial charge in [0.2, 0.25) is 0 Å². The van der Waals surface area contributed by atoms with E-state index in [2.05, 4.69) is 4.98 Å². The number of aliphatic hydroxyl groups is 1. The first-order valence-electron chi connectivity index (χ1n) is 5.34. The van der Waals surface area contributed by atoms with Crippen LogP contribution in [0.4, 0.5) is 5.82 Å². The van der Waals surface area contributed by atoms with Crippen molar-refractivity contribution < 1.29 is 10.0 Å². The van der Waals surface area contributed by atoms with E-state index in [0.717, 1.165) is 0 Å². The zero-order valence-corrected chi connectivity index (χ0v) is 10.3. The number of hydrogen-bond acceptors (Lipinski definition) is 5. The number of imidazole rings is 1. The Balaban J connectivity index is 2.63. The molecule has 0 aliphatic carbocycles. The summed E-state index contributed by atoms with van der Waals surface area (Å²) in [4.78, 5) is 15.5. The fourth-order valence-corrected chi connectivity index (χ4v) is 2.70. The molecule has 0 aliphatic rings. The first kappa shape index (κ1) is 12.0. The molecule has 92 valence electrons. The Kier molecular flexibility index (Phi) is 3.12. The lowest BCUT2D eigenvalue weighted by atomic mass is 9.97. The van der Waals surface area contributed by atoms with E-state index in [-0.39, 0.29) is 11.7 Å². The molecule has 0 spiro atoms. The van der Waals surface area contributed by atoms with Crippen molar-refractivity contribution in [2.75, 3.05) is 0 Å². The molecule has 7 heteroatoms. The summed E-state index contributed by atoms with van der Waals surface area (Å²) in [6, 6.07) is 0. The summed E-state index contributed by atoms with van der Waals surface area (Å²) in [6.07, 6.45) is 1.59. The van der Waals surface area contributed by atoms with Crippen molar-refractivity contribution in [3.8, 4) is 0 Å². The molecule has 0 radical (unpaired) electrons. The number of thiazole rings is 1. The number of aliphatic hydroxyl groups excluding tert-OH is 1. The zero-order valence-electron chi connectivity index (χ0n) is 9.53. The minimum absolute atomic E-state index is 0.0333. The predicted octanol–water partition coefficient (Wildman–Crippen LogP) is 2.18. The fraction of sp³-hybridized carbons (Fsp3) is 0.500. The molecule has 2 rings (SSSR count). The highest BCUT2D eigenvalue weighted by Gasteiger charge is 2.31. The number of fused-ring (bicyclic) bond motifs is 1. The molecular weight excluding hydrogens is 242 g/mol. The highest BCUT2D eigenvalue weighted by molar-refractivity contribution is 7.15. The zero-order chi connectivity index (χ0) is 12.6. The van der Waals surface area contributed by atoms with Crippen LogP contribution >= 0.6 is 11.3 Å². The van der Waals surface area contributed by atoms with Gasteiger partial charge in [-0.05, 0) is 18.3 Å². The highest BCUT2D eigenvalue weighted by Crippen LogP contribution is 2.33. The average Bonchev–Trinajstić information content (AvgIpc) is 2.76. The van der Waals surface area contributed by atoms with Gasteiger partial charge in [0.05, 0.1) is 6.10 Å². The molecule has 2 unspecified atom stereocenters. The number of nitrogens with zero attached hydrogens (tertiary/aromatic N) is 3. The third-order valence-electron chi connectivity index (χ3n) is 2.81. The molecule has 0 saturated carbocycles. The molecule has 0 fully saturated rings. The molecule has 0 aliphatic heterocycles. The Morgan fingerprint density at radius 3 is 2.94 bits per heavy atom. The van der Waals surface area contributed by atoms with Gasteiger partial charge >= 0.3 is 5.82 Å². The van der Waals surface area contributed by atoms with Gasteiger partial charge in [0, 0.05) is 11.3 Å². The van der Waals surface area contributed by atoms with E-state index in [1.54, 1.807) is 18.5 Å². The summed E-state index contributed by atoms with van der Waals surface area (Å²) in [7, 11) is 0. The molecule has 2 aromatic rings. The molecule has 2 heterocycles. The monoisotopic (exact) mass is 255 g/mol. The van der Waals surface area contributed by atoms with E-state index in [0.29, 0.717) is 17.1 Å². The lowest BCUT2D eigenvalue weighted by Crippen LogP contribution is -2.15. The number of nitro groups is 1. The molecule has 0 aromatic carbocycles. The van der Waals surface area contributed by atoms with Gasteiger partial charge in [-0.1, -0.05) is 18.3 Å². The molecule has 2 aromatic heterocycles. The molecule has 0 amide bonds. The Labute approximate surface area is 102 Å². The Bertz CT molecular complexity index is 546. The van der Waals surface area contributed by atoms with Crippen LogP contribution in [0.1, 0.15) is 31.9 Å². The third-order valence-corrected chi connectivity index (χ3v) is 3.57. The van der Waals surface area contributed by atoms with Crippen LogP contribution in [0.5, 0.6) is 0 Å². The minimum atomic E-state index is -0.650. The molecule has 17 heavy (non-hydrogen) atoms. The second-order valence-corrected chi connectivity index (χ2v) is 4.76. The Morgan fingerprint density at radius 1 is 1.71 bits per heavy atom. The van der Waals surface area contributed by atoms with E-state index < -0.39 is 11.0 Å². The van der Waals surface area contributed by atoms with Gasteiger partial charge in [-0.15, -0.1) is 0 Å². The topological polar surface area (TPSA) is 80.7 Å². The van der Waals surface area contributed by atoms with Crippen molar-refractivity contribution in [3.05, 3.63) is 27.4 Å². The normalized spacial score (nSPS) is 15.0. The summed E-state index contributed by atoms with van der Waals surface area (Å²) < 4.78 is 1.46. The van der Waals surface area contributed by atoms with Crippen molar-refractivity contribution in [1.29, 1.82) is 0 Å². The minimum Gasteiger partial charge on any atom is -0.393 e. The summed E-state index contributed by atoms with van der Waals surface area (Å²) in [6.45, 7) is 3.51. The van der Waals surface area contributed by atoms with E-state index >= 15 is 0 Å². The van der Waals surface area contributed by atoms with Crippen molar-refractivity contribution >= 4 is 22.1 Å². The van der Waals surface area contributed by atoms with Crippen LogP contribution in [-0.4, -0.2) is 25.5 Å². The van der Waals surface area contributed by atoms with E-state index in [1.807, 2.05) is 6.92 Å². The molecule has 0 bridgehead atoms. The van der Waals surface area contributed by atoms with Crippen LogP contribution in [0.15, 0.2) is 11.6 Å².